The summed E-state index contributed by atoms with van der Waals surface area (Å²) in [6, 6.07) is 2.66. The minimum atomic E-state index is -0.336. The Bertz CT molecular complexity index is 720. The SMILES string of the molecule is Cc1nc(C(C)(C)C)oc1CCCNC(=O)c1ccc(=O)[nH]n1. The molecule has 0 unspecified atom stereocenters. The zero-order valence-electron chi connectivity index (χ0n) is 13.9. The highest BCUT2D eigenvalue weighted by Gasteiger charge is 2.22. The molecule has 2 heterocycles. The number of carbonyl (C=O) groups is 1. The second kappa shape index (κ2) is 6.76. The van der Waals surface area contributed by atoms with Crippen LogP contribution >= 0.6 is 0 Å². The number of hydrogen-bond donors (Lipinski definition) is 2. The number of aromatic amines is 1. The Morgan fingerprint density at radius 3 is 2.65 bits per heavy atom. The zero-order chi connectivity index (χ0) is 17.0. The molecule has 0 aliphatic carbocycles. The van der Waals surface area contributed by atoms with Crippen LogP contribution in [0.3, 0.4) is 0 Å². The Labute approximate surface area is 134 Å². The van der Waals surface area contributed by atoms with Crippen molar-refractivity contribution in [3.05, 3.63) is 45.5 Å². The van der Waals surface area contributed by atoms with Gasteiger partial charge in [0.1, 0.15) is 11.5 Å². The number of nitrogens with zero attached hydrogens (tertiary/aromatic N) is 2. The Balaban J connectivity index is 1.84. The number of H-pyrrole nitrogens is 1. The van der Waals surface area contributed by atoms with E-state index in [0.29, 0.717) is 13.0 Å². The summed E-state index contributed by atoms with van der Waals surface area (Å²) in [6.07, 6.45) is 1.43. The van der Waals surface area contributed by atoms with Gasteiger partial charge in [0.25, 0.3) is 11.5 Å². The highest BCUT2D eigenvalue weighted by Crippen LogP contribution is 2.24. The summed E-state index contributed by atoms with van der Waals surface area (Å²) in [4.78, 5) is 27.2. The third-order valence-electron chi connectivity index (χ3n) is 3.31. The highest BCUT2D eigenvalue weighted by molar-refractivity contribution is 5.91. The van der Waals surface area contributed by atoms with E-state index in [0.717, 1.165) is 23.8 Å². The van der Waals surface area contributed by atoms with E-state index in [2.05, 4.69) is 41.3 Å². The van der Waals surface area contributed by atoms with Crippen LogP contribution in [0.5, 0.6) is 0 Å². The maximum atomic E-state index is 11.8. The molecule has 0 aromatic carbocycles. The molecule has 0 fully saturated rings. The second-order valence-electron chi connectivity index (χ2n) is 6.44. The summed E-state index contributed by atoms with van der Waals surface area (Å²) in [5.41, 5.74) is 0.628. The molecule has 0 aliphatic heterocycles. The molecule has 0 saturated carbocycles. The lowest BCUT2D eigenvalue weighted by Crippen LogP contribution is -2.26. The molecule has 2 aromatic rings. The quantitative estimate of drug-likeness (QED) is 0.818. The van der Waals surface area contributed by atoms with Crippen LogP contribution in [0.25, 0.3) is 0 Å². The fourth-order valence-corrected chi connectivity index (χ4v) is 1.99. The summed E-state index contributed by atoms with van der Waals surface area (Å²) in [5, 5.41) is 8.67. The molecule has 0 spiro atoms. The topological polar surface area (TPSA) is 101 Å². The first kappa shape index (κ1) is 16.9. The van der Waals surface area contributed by atoms with Gasteiger partial charge < -0.3 is 9.73 Å². The molecule has 2 N–H and O–H groups in total. The molecular formula is C16H22N4O3. The standard InChI is InChI=1S/C16H22N4O3/c1-10-12(23-15(18-10)16(2,3)4)6-5-9-17-14(22)11-7-8-13(21)20-19-11/h7-8H,5-6,9H2,1-4H3,(H,17,22)(H,20,21). The lowest BCUT2D eigenvalue weighted by molar-refractivity contribution is 0.0947. The molecule has 23 heavy (non-hydrogen) atoms. The number of rotatable bonds is 5. The van der Waals surface area contributed by atoms with Gasteiger partial charge in [0.15, 0.2) is 5.89 Å². The van der Waals surface area contributed by atoms with Crippen molar-refractivity contribution in [3.63, 3.8) is 0 Å². The van der Waals surface area contributed by atoms with Crippen molar-refractivity contribution in [2.24, 2.45) is 0 Å². The fraction of sp³-hybridized carbons (Fsp3) is 0.500. The van der Waals surface area contributed by atoms with Gasteiger partial charge in [-0.3, -0.25) is 9.59 Å². The van der Waals surface area contributed by atoms with Crippen molar-refractivity contribution in [2.75, 3.05) is 6.54 Å². The summed E-state index contributed by atoms with van der Waals surface area (Å²) < 4.78 is 5.81. The van der Waals surface area contributed by atoms with Gasteiger partial charge >= 0.3 is 0 Å². The van der Waals surface area contributed by atoms with Crippen molar-refractivity contribution in [3.8, 4) is 0 Å². The second-order valence-corrected chi connectivity index (χ2v) is 6.44. The number of oxazole rings is 1. The van der Waals surface area contributed by atoms with E-state index < -0.39 is 0 Å². The molecular weight excluding hydrogens is 296 g/mol. The number of aromatic nitrogens is 3. The van der Waals surface area contributed by atoms with E-state index in [9.17, 15) is 9.59 Å². The van der Waals surface area contributed by atoms with E-state index in [1.165, 1.54) is 12.1 Å². The van der Waals surface area contributed by atoms with Crippen LogP contribution in [0, 0.1) is 6.92 Å². The number of carbonyl (C=O) groups excluding carboxylic acids is 1. The molecule has 7 heteroatoms. The lowest BCUT2D eigenvalue weighted by atomic mass is 9.97. The average Bonchev–Trinajstić information content (AvgIpc) is 2.85. The first-order chi connectivity index (χ1) is 10.8. The predicted molar refractivity (Wildman–Crippen MR) is 85.5 cm³/mol. The molecule has 0 saturated heterocycles. The van der Waals surface area contributed by atoms with Crippen molar-refractivity contribution in [1.82, 2.24) is 20.5 Å². The van der Waals surface area contributed by atoms with Gasteiger partial charge in [-0.25, -0.2) is 10.1 Å². The minimum Gasteiger partial charge on any atom is -0.445 e. The van der Waals surface area contributed by atoms with Crippen LogP contribution < -0.4 is 10.9 Å². The van der Waals surface area contributed by atoms with Crippen LogP contribution in [-0.4, -0.2) is 27.6 Å². The number of nitrogens with one attached hydrogen (secondary N) is 2. The summed E-state index contributed by atoms with van der Waals surface area (Å²) in [5.74, 6) is 1.27. The van der Waals surface area contributed by atoms with E-state index >= 15 is 0 Å². The first-order valence-electron chi connectivity index (χ1n) is 7.58. The minimum absolute atomic E-state index is 0.118. The third kappa shape index (κ3) is 4.51. The van der Waals surface area contributed by atoms with Crippen LogP contribution in [0.15, 0.2) is 21.3 Å². The van der Waals surface area contributed by atoms with Crippen molar-refractivity contribution in [1.29, 1.82) is 0 Å². The van der Waals surface area contributed by atoms with Gasteiger partial charge in [0.05, 0.1) is 5.69 Å². The maximum Gasteiger partial charge on any atom is 0.271 e. The highest BCUT2D eigenvalue weighted by atomic mass is 16.4. The Morgan fingerprint density at radius 1 is 1.35 bits per heavy atom. The van der Waals surface area contributed by atoms with E-state index in [1.54, 1.807) is 0 Å². The van der Waals surface area contributed by atoms with Gasteiger partial charge in [0, 0.05) is 24.4 Å². The van der Waals surface area contributed by atoms with E-state index in [1.807, 2.05) is 6.92 Å². The fourth-order valence-electron chi connectivity index (χ4n) is 1.99. The number of aryl methyl sites for hydroxylation is 2. The van der Waals surface area contributed by atoms with E-state index in [4.69, 9.17) is 4.42 Å². The van der Waals surface area contributed by atoms with Crippen LogP contribution in [0.1, 0.15) is 55.0 Å². The van der Waals surface area contributed by atoms with Crippen LogP contribution in [-0.2, 0) is 11.8 Å². The average molecular weight is 318 g/mol. The molecule has 0 radical (unpaired) electrons. The Hall–Kier alpha value is -2.44. The monoisotopic (exact) mass is 318 g/mol. The molecule has 2 aromatic heterocycles. The Kier molecular flexibility index (Phi) is 4.98. The molecule has 0 bridgehead atoms. The van der Waals surface area contributed by atoms with Gasteiger partial charge in [-0.05, 0) is 19.4 Å². The van der Waals surface area contributed by atoms with Crippen LogP contribution in [0.4, 0.5) is 0 Å². The van der Waals surface area contributed by atoms with Crippen molar-refractivity contribution in [2.45, 2.75) is 46.0 Å². The predicted octanol–water partition coefficient (Wildman–Crippen LogP) is 1.73. The number of amides is 1. The normalized spacial score (nSPS) is 11.5. The zero-order valence-corrected chi connectivity index (χ0v) is 13.9. The van der Waals surface area contributed by atoms with Gasteiger partial charge in [0.2, 0.25) is 0 Å². The van der Waals surface area contributed by atoms with Gasteiger partial charge in [-0.1, -0.05) is 20.8 Å². The molecule has 124 valence electrons. The number of hydrogen-bond acceptors (Lipinski definition) is 5. The summed E-state index contributed by atoms with van der Waals surface area (Å²) >= 11 is 0. The van der Waals surface area contributed by atoms with Crippen molar-refractivity contribution >= 4 is 5.91 Å². The largest absolute Gasteiger partial charge is 0.445 e. The molecule has 1 amide bonds. The van der Waals surface area contributed by atoms with Gasteiger partial charge in [-0.2, -0.15) is 5.10 Å². The Morgan fingerprint density at radius 2 is 2.09 bits per heavy atom. The third-order valence-corrected chi connectivity index (χ3v) is 3.31. The van der Waals surface area contributed by atoms with E-state index in [-0.39, 0.29) is 22.6 Å². The molecule has 0 atom stereocenters. The summed E-state index contributed by atoms with van der Waals surface area (Å²) in [7, 11) is 0. The smallest absolute Gasteiger partial charge is 0.271 e. The van der Waals surface area contributed by atoms with Crippen LogP contribution in [0.2, 0.25) is 0 Å². The van der Waals surface area contributed by atoms with Gasteiger partial charge in [-0.15, -0.1) is 0 Å². The molecule has 0 aliphatic rings. The molecule has 7 nitrogen and oxygen atoms in total. The maximum absolute atomic E-state index is 11.8. The summed E-state index contributed by atoms with van der Waals surface area (Å²) in [6.45, 7) is 8.58. The molecule has 2 rings (SSSR count). The lowest BCUT2D eigenvalue weighted by Gasteiger charge is -2.12. The first-order valence-corrected chi connectivity index (χ1v) is 7.58. The van der Waals surface area contributed by atoms with Crippen molar-refractivity contribution < 1.29 is 9.21 Å².